The number of anilines is 1. The summed E-state index contributed by atoms with van der Waals surface area (Å²) in [5.41, 5.74) is 8.63. The van der Waals surface area contributed by atoms with E-state index in [4.69, 9.17) is 17.3 Å². The lowest BCUT2D eigenvalue weighted by molar-refractivity contribution is 0.0962. The molecule has 0 spiro atoms. The van der Waals surface area contributed by atoms with Gasteiger partial charge in [-0.3, -0.25) is 4.79 Å². The third-order valence-electron chi connectivity index (χ3n) is 3.17. The molecule has 2 aromatic rings. The highest BCUT2D eigenvalue weighted by Gasteiger charge is 2.21. The number of aromatic nitrogens is 2. The number of thiophene rings is 1. The molecule has 5 nitrogen and oxygen atoms in total. The molecule has 2 rings (SSSR count). The summed E-state index contributed by atoms with van der Waals surface area (Å²) in [4.78, 5) is 13.3. The Hall–Kier alpha value is -1.66. The van der Waals surface area contributed by atoms with Crippen molar-refractivity contribution in [3.63, 3.8) is 0 Å². The maximum absolute atomic E-state index is 12.2. The van der Waals surface area contributed by atoms with Crippen LogP contribution in [0.1, 0.15) is 34.8 Å². The molecular weight excluding hydrogens is 308 g/mol. The van der Waals surface area contributed by atoms with Crippen molar-refractivity contribution >= 4 is 44.7 Å². The molecule has 0 saturated carbocycles. The van der Waals surface area contributed by atoms with Crippen LogP contribution in [0.25, 0.3) is 10.2 Å². The van der Waals surface area contributed by atoms with Gasteiger partial charge in [0.05, 0.1) is 17.9 Å². The number of halogens is 1. The van der Waals surface area contributed by atoms with E-state index in [2.05, 4.69) is 22.1 Å². The Morgan fingerprint density at radius 2 is 2.10 bits per heavy atom. The van der Waals surface area contributed by atoms with Gasteiger partial charge >= 0.3 is 0 Å². The molecule has 112 valence electrons. The van der Waals surface area contributed by atoms with Gasteiger partial charge in [0.2, 0.25) is 0 Å². The summed E-state index contributed by atoms with van der Waals surface area (Å²) in [6.07, 6.45) is 1.59. The second-order valence-electron chi connectivity index (χ2n) is 4.56. The summed E-state index contributed by atoms with van der Waals surface area (Å²) in [5.74, 6) is -0.266. The lowest BCUT2D eigenvalue weighted by Gasteiger charge is -2.06. The van der Waals surface area contributed by atoms with Gasteiger partial charge in [0.15, 0.2) is 0 Å². The predicted octanol–water partition coefficient (Wildman–Crippen LogP) is 2.88. The van der Waals surface area contributed by atoms with E-state index < -0.39 is 0 Å². The quantitative estimate of drug-likeness (QED) is 0.886. The van der Waals surface area contributed by atoms with Gasteiger partial charge in [-0.25, -0.2) is 0 Å². The topological polar surface area (TPSA) is 80.9 Å². The van der Waals surface area contributed by atoms with Gasteiger partial charge in [-0.2, -0.15) is 5.10 Å². The Labute approximate surface area is 132 Å². The Morgan fingerprint density at radius 1 is 1.38 bits per heavy atom. The number of nitrogen functional groups attached to an aromatic ring is 1. The Morgan fingerprint density at radius 3 is 2.67 bits per heavy atom. The molecule has 3 N–H and O–H groups in total. The van der Waals surface area contributed by atoms with Crippen LogP contribution in [0, 0.1) is 0 Å². The second-order valence-corrected chi connectivity index (χ2v) is 6.09. The number of carbonyl (C=O) groups is 1. The minimum atomic E-state index is -0.266. The number of amides is 1. The van der Waals surface area contributed by atoms with Crippen LogP contribution in [-0.2, 0) is 12.8 Å². The number of hydrogen-bond acceptors (Lipinski definition) is 5. The van der Waals surface area contributed by atoms with Crippen LogP contribution in [0.3, 0.4) is 0 Å². The zero-order valence-electron chi connectivity index (χ0n) is 12.0. The molecule has 2 aromatic heterocycles. The lowest BCUT2D eigenvalue weighted by atomic mass is 10.1. The summed E-state index contributed by atoms with van der Waals surface area (Å²) in [6, 6.07) is 0. The van der Waals surface area contributed by atoms with Crippen molar-refractivity contribution in [3.8, 4) is 0 Å². The second kappa shape index (κ2) is 6.41. The van der Waals surface area contributed by atoms with Crippen molar-refractivity contribution < 1.29 is 4.79 Å². The van der Waals surface area contributed by atoms with E-state index in [0.717, 1.165) is 29.5 Å². The number of nitrogens with zero attached hydrogens (tertiary/aromatic N) is 2. The smallest absolute Gasteiger partial charge is 0.263 e. The molecule has 7 heteroatoms. The number of hydrogen-bond donors (Lipinski definition) is 2. The molecule has 0 unspecified atom stereocenters. The first-order valence-electron chi connectivity index (χ1n) is 6.67. The highest BCUT2D eigenvalue weighted by molar-refractivity contribution is 7.21. The van der Waals surface area contributed by atoms with Gasteiger partial charge in [0.1, 0.15) is 9.71 Å². The van der Waals surface area contributed by atoms with Crippen LogP contribution < -0.4 is 11.1 Å². The molecular formula is C14H17ClN4OS. The Bertz CT molecular complexity index is 711. The van der Waals surface area contributed by atoms with Crippen molar-refractivity contribution in [2.45, 2.75) is 26.7 Å². The van der Waals surface area contributed by atoms with E-state index in [1.54, 1.807) is 0 Å². The molecule has 0 aliphatic rings. The van der Waals surface area contributed by atoms with Gasteiger partial charge in [0, 0.05) is 10.4 Å². The minimum absolute atomic E-state index is 0.209. The third kappa shape index (κ3) is 3.01. The predicted molar refractivity (Wildman–Crippen MR) is 87.9 cm³/mol. The standard InChI is InChI=1S/C14H17ClN4OS/c1-4-8-9(5-2)18-19-14-10(8)11(16)12(21-14)13(20)17-6-7(3)15/h3-6,16H2,1-2H3,(H,17,20). The monoisotopic (exact) mass is 324 g/mol. The zero-order chi connectivity index (χ0) is 15.6. The van der Waals surface area contributed by atoms with Crippen LogP contribution in [0.5, 0.6) is 0 Å². The normalized spacial score (nSPS) is 10.8. The molecule has 1 amide bonds. The maximum atomic E-state index is 12.2. The van der Waals surface area contributed by atoms with Crippen molar-refractivity contribution in [2.75, 3.05) is 12.3 Å². The lowest BCUT2D eigenvalue weighted by Crippen LogP contribution is -2.24. The Kier molecular flexibility index (Phi) is 4.80. The number of fused-ring (bicyclic) bond motifs is 1. The molecule has 0 saturated heterocycles. The van der Waals surface area contributed by atoms with Gasteiger partial charge in [-0.1, -0.05) is 32.0 Å². The van der Waals surface area contributed by atoms with Crippen LogP contribution in [0.15, 0.2) is 11.6 Å². The molecule has 0 aromatic carbocycles. The Balaban J connectivity index is 2.50. The highest BCUT2D eigenvalue weighted by Crippen LogP contribution is 2.35. The molecule has 0 aliphatic heterocycles. The highest BCUT2D eigenvalue weighted by atomic mass is 35.5. The van der Waals surface area contributed by atoms with Crippen molar-refractivity contribution in [1.82, 2.24) is 15.5 Å². The van der Waals surface area contributed by atoms with Gasteiger partial charge in [0.25, 0.3) is 5.91 Å². The van der Waals surface area contributed by atoms with Gasteiger partial charge in [-0.15, -0.1) is 16.4 Å². The first-order valence-corrected chi connectivity index (χ1v) is 7.86. The van der Waals surface area contributed by atoms with Crippen LogP contribution >= 0.6 is 22.9 Å². The SMILES string of the molecule is C=C(Cl)CNC(=O)c1sc2nnc(CC)c(CC)c2c1N. The van der Waals surface area contributed by atoms with Crippen molar-refractivity contribution in [1.29, 1.82) is 0 Å². The van der Waals surface area contributed by atoms with Gasteiger partial charge in [-0.05, 0) is 18.4 Å². The molecule has 0 aliphatic carbocycles. The molecule has 0 radical (unpaired) electrons. The van der Waals surface area contributed by atoms with E-state index in [1.807, 2.05) is 13.8 Å². The van der Waals surface area contributed by atoms with Gasteiger partial charge < -0.3 is 11.1 Å². The summed E-state index contributed by atoms with van der Waals surface area (Å²) >= 11 is 6.90. The molecule has 0 fully saturated rings. The number of nitrogens with two attached hydrogens (primary N) is 1. The fourth-order valence-corrected chi connectivity index (χ4v) is 3.25. The summed E-state index contributed by atoms with van der Waals surface area (Å²) in [6.45, 7) is 7.82. The average molecular weight is 325 g/mol. The molecule has 2 heterocycles. The number of nitrogens with one attached hydrogen (secondary N) is 1. The molecule has 0 bridgehead atoms. The van der Waals surface area contributed by atoms with E-state index in [0.29, 0.717) is 20.4 Å². The zero-order valence-corrected chi connectivity index (χ0v) is 13.6. The fourth-order valence-electron chi connectivity index (χ4n) is 2.19. The minimum Gasteiger partial charge on any atom is -0.397 e. The maximum Gasteiger partial charge on any atom is 0.263 e. The van der Waals surface area contributed by atoms with E-state index in [-0.39, 0.29) is 12.5 Å². The van der Waals surface area contributed by atoms with Crippen molar-refractivity contribution in [2.24, 2.45) is 0 Å². The largest absolute Gasteiger partial charge is 0.397 e. The van der Waals surface area contributed by atoms with Crippen LogP contribution in [0.4, 0.5) is 5.69 Å². The summed E-state index contributed by atoms with van der Waals surface area (Å²) < 4.78 is 0. The number of rotatable bonds is 5. The first kappa shape index (κ1) is 15.7. The molecule has 21 heavy (non-hydrogen) atoms. The van der Waals surface area contributed by atoms with E-state index in [9.17, 15) is 4.79 Å². The van der Waals surface area contributed by atoms with Crippen molar-refractivity contribution in [3.05, 3.63) is 27.7 Å². The fraction of sp³-hybridized carbons (Fsp3) is 0.357. The van der Waals surface area contributed by atoms with E-state index in [1.165, 1.54) is 11.3 Å². The van der Waals surface area contributed by atoms with Crippen LogP contribution in [-0.4, -0.2) is 22.6 Å². The molecule has 0 atom stereocenters. The third-order valence-corrected chi connectivity index (χ3v) is 4.40. The number of carbonyl (C=O) groups excluding carboxylic acids is 1. The average Bonchev–Trinajstić information content (AvgIpc) is 2.81. The first-order chi connectivity index (χ1) is 9.99. The number of aryl methyl sites for hydroxylation is 2. The summed E-state index contributed by atoms with van der Waals surface area (Å²) in [7, 11) is 0. The summed E-state index contributed by atoms with van der Waals surface area (Å²) in [5, 5.41) is 12.3. The van der Waals surface area contributed by atoms with Crippen LogP contribution in [0.2, 0.25) is 0 Å². The van der Waals surface area contributed by atoms with E-state index >= 15 is 0 Å².